The van der Waals surface area contributed by atoms with Crippen molar-refractivity contribution in [3.63, 3.8) is 0 Å². The second-order valence-corrected chi connectivity index (χ2v) is 5.66. The summed E-state index contributed by atoms with van der Waals surface area (Å²) in [5, 5.41) is 1.41. The number of hydrogen-bond donors (Lipinski definition) is 0. The van der Waals surface area contributed by atoms with Crippen LogP contribution in [0, 0.1) is 6.92 Å². The van der Waals surface area contributed by atoms with Gasteiger partial charge in [0, 0.05) is 15.1 Å². The Morgan fingerprint density at radius 1 is 0.944 bits per heavy atom. The van der Waals surface area contributed by atoms with Gasteiger partial charge in [-0.2, -0.15) is 0 Å². The highest BCUT2D eigenvalue weighted by Gasteiger charge is 2.17. The predicted molar refractivity (Wildman–Crippen MR) is 80.3 cm³/mol. The van der Waals surface area contributed by atoms with E-state index in [9.17, 15) is 0 Å². The summed E-state index contributed by atoms with van der Waals surface area (Å²) in [7, 11) is 0. The van der Waals surface area contributed by atoms with Gasteiger partial charge in [-0.25, -0.2) is 0 Å². The van der Waals surface area contributed by atoms with Gasteiger partial charge < -0.3 is 0 Å². The van der Waals surface area contributed by atoms with E-state index in [4.69, 9.17) is 46.4 Å². The lowest BCUT2D eigenvalue weighted by Crippen LogP contribution is -1.96. The van der Waals surface area contributed by atoms with E-state index < -0.39 is 0 Å². The van der Waals surface area contributed by atoms with Crippen LogP contribution in [0.3, 0.4) is 0 Å². The van der Waals surface area contributed by atoms with E-state index in [0.29, 0.717) is 15.1 Å². The summed E-state index contributed by atoms with van der Waals surface area (Å²) in [6.45, 7) is 1.94. The molecule has 2 aromatic carbocycles. The number of aryl methyl sites for hydroxylation is 1. The Kier molecular flexibility index (Phi) is 4.45. The summed E-state index contributed by atoms with van der Waals surface area (Å²) in [6.07, 6.45) is 0. The molecule has 0 nitrogen and oxygen atoms in total. The zero-order chi connectivity index (χ0) is 13.3. The molecule has 18 heavy (non-hydrogen) atoms. The van der Waals surface area contributed by atoms with Crippen LogP contribution < -0.4 is 0 Å². The molecule has 1 atom stereocenters. The second kappa shape index (κ2) is 5.71. The standard InChI is InChI=1S/C14H10Cl4/c1-8-3-2-4-11(13(8)17)14(18)10-6-5-9(15)7-12(10)16/h2-7,14H,1H3. The summed E-state index contributed by atoms with van der Waals surface area (Å²) >= 11 is 24.7. The first-order valence-electron chi connectivity index (χ1n) is 5.34. The van der Waals surface area contributed by atoms with Gasteiger partial charge in [0.2, 0.25) is 0 Å². The molecule has 0 N–H and O–H groups in total. The molecule has 0 bridgehead atoms. The molecular formula is C14H10Cl4. The molecule has 0 fully saturated rings. The van der Waals surface area contributed by atoms with Crippen molar-refractivity contribution in [2.45, 2.75) is 12.3 Å². The van der Waals surface area contributed by atoms with Gasteiger partial charge in [0.1, 0.15) is 0 Å². The highest BCUT2D eigenvalue weighted by Crippen LogP contribution is 2.38. The monoisotopic (exact) mass is 318 g/mol. The molecule has 0 amide bonds. The lowest BCUT2D eigenvalue weighted by molar-refractivity contribution is 1.13. The lowest BCUT2D eigenvalue weighted by atomic mass is 10.0. The fraction of sp³-hybridized carbons (Fsp3) is 0.143. The summed E-state index contributed by atoms with van der Waals surface area (Å²) < 4.78 is 0. The molecule has 0 saturated carbocycles. The van der Waals surface area contributed by atoms with E-state index in [1.807, 2.05) is 31.2 Å². The maximum atomic E-state index is 6.45. The van der Waals surface area contributed by atoms with Crippen molar-refractivity contribution in [3.05, 3.63) is 68.2 Å². The number of hydrogen-bond acceptors (Lipinski definition) is 0. The zero-order valence-corrected chi connectivity index (χ0v) is 12.6. The van der Waals surface area contributed by atoms with E-state index in [1.165, 1.54) is 0 Å². The largest absolute Gasteiger partial charge is 0.112 e. The minimum Gasteiger partial charge on any atom is -0.112 e. The molecule has 0 spiro atoms. The average molecular weight is 320 g/mol. The fourth-order valence-electron chi connectivity index (χ4n) is 1.74. The first-order valence-corrected chi connectivity index (χ1v) is 6.91. The maximum absolute atomic E-state index is 6.45. The third kappa shape index (κ3) is 2.78. The quantitative estimate of drug-likeness (QED) is 0.571. The molecule has 0 aliphatic heterocycles. The highest BCUT2D eigenvalue weighted by atomic mass is 35.5. The lowest BCUT2D eigenvalue weighted by Gasteiger charge is -2.15. The van der Waals surface area contributed by atoms with Gasteiger partial charge in [-0.1, -0.05) is 59.1 Å². The van der Waals surface area contributed by atoms with Crippen LogP contribution in [-0.4, -0.2) is 0 Å². The number of alkyl halides is 1. The van der Waals surface area contributed by atoms with Crippen LogP contribution in [-0.2, 0) is 0 Å². The Labute approximate surface area is 126 Å². The molecule has 0 aromatic heterocycles. The molecule has 0 aliphatic carbocycles. The minimum absolute atomic E-state index is 0.387. The minimum atomic E-state index is -0.387. The van der Waals surface area contributed by atoms with Crippen molar-refractivity contribution >= 4 is 46.4 Å². The molecule has 2 aromatic rings. The molecule has 0 aliphatic rings. The topological polar surface area (TPSA) is 0 Å². The van der Waals surface area contributed by atoms with Crippen LogP contribution in [0.4, 0.5) is 0 Å². The SMILES string of the molecule is Cc1cccc(C(Cl)c2ccc(Cl)cc2Cl)c1Cl. The molecule has 1 unspecified atom stereocenters. The van der Waals surface area contributed by atoms with Crippen molar-refractivity contribution in [2.75, 3.05) is 0 Å². The van der Waals surface area contributed by atoms with Crippen LogP contribution in [0.25, 0.3) is 0 Å². The molecule has 0 radical (unpaired) electrons. The number of rotatable bonds is 2. The number of halogens is 4. The van der Waals surface area contributed by atoms with Crippen LogP contribution in [0.2, 0.25) is 15.1 Å². The predicted octanol–water partition coefficient (Wildman–Crippen LogP) is 6.28. The van der Waals surface area contributed by atoms with Crippen molar-refractivity contribution in [1.29, 1.82) is 0 Å². The maximum Gasteiger partial charge on any atom is 0.0864 e. The van der Waals surface area contributed by atoms with Crippen LogP contribution >= 0.6 is 46.4 Å². The smallest absolute Gasteiger partial charge is 0.0864 e. The summed E-state index contributed by atoms with van der Waals surface area (Å²) in [4.78, 5) is 0. The van der Waals surface area contributed by atoms with Crippen molar-refractivity contribution < 1.29 is 0 Å². The zero-order valence-electron chi connectivity index (χ0n) is 9.55. The van der Waals surface area contributed by atoms with Crippen molar-refractivity contribution in [3.8, 4) is 0 Å². The van der Waals surface area contributed by atoms with Crippen molar-refractivity contribution in [2.24, 2.45) is 0 Å². The fourth-order valence-corrected chi connectivity index (χ4v) is 2.98. The summed E-state index contributed by atoms with van der Waals surface area (Å²) in [5.74, 6) is 0. The Morgan fingerprint density at radius 2 is 1.67 bits per heavy atom. The normalized spacial score (nSPS) is 12.5. The Hall–Kier alpha value is -0.400. The van der Waals surface area contributed by atoms with Gasteiger partial charge in [-0.05, 0) is 35.7 Å². The third-order valence-corrected chi connectivity index (χ3v) is 4.28. The first-order chi connectivity index (χ1) is 8.50. The van der Waals surface area contributed by atoms with Gasteiger partial charge in [0.25, 0.3) is 0 Å². The molecule has 2 rings (SSSR count). The molecule has 94 valence electrons. The summed E-state index contributed by atoms with van der Waals surface area (Å²) in [6, 6.07) is 11.0. The summed E-state index contributed by atoms with van der Waals surface area (Å²) in [5.41, 5.74) is 2.64. The Balaban J connectivity index is 2.48. The van der Waals surface area contributed by atoms with E-state index >= 15 is 0 Å². The van der Waals surface area contributed by atoms with Crippen molar-refractivity contribution in [1.82, 2.24) is 0 Å². The Morgan fingerprint density at radius 3 is 2.33 bits per heavy atom. The van der Waals surface area contributed by atoms with Gasteiger partial charge in [0.15, 0.2) is 0 Å². The van der Waals surface area contributed by atoms with E-state index in [2.05, 4.69) is 0 Å². The van der Waals surface area contributed by atoms with E-state index in [0.717, 1.165) is 16.7 Å². The van der Waals surface area contributed by atoms with Gasteiger partial charge in [-0.3, -0.25) is 0 Å². The van der Waals surface area contributed by atoms with Crippen LogP contribution in [0.1, 0.15) is 22.1 Å². The Bertz CT molecular complexity index is 578. The molecule has 0 heterocycles. The van der Waals surface area contributed by atoms with Gasteiger partial charge in [-0.15, -0.1) is 11.6 Å². The number of benzene rings is 2. The molecular weight excluding hydrogens is 310 g/mol. The van der Waals surface area contributed by atoms with Gasteiger partial charge >= 0.3 is 0 Å². The molecule has 4 heteroatoms. The molecule has 0 saturated heterocycles. The average Bonchev–Trinajstić information content (AvgIpc) is 2.32. The second-order valence-electron chi connectivity index (χ2n) is 4.01. The third-order valence-electron chi connectivity index (χ3n) is 2.73. The van der Waals surface area contributed by atoms with Crippen LogP contribution in [0.5, 0.6) is 0 Å². The van der Waals surface area contributed by atoms with E-state index in [-0.39, 0.29) is 5.38 Å². The first kappa shape index (κ1) is 14.0. The van der Waals surface area contributed by atoms with Gasteiger partial charge in [0.05, 0.1) is 5.38 Å². The highest BCUT2D eigenvalue weighted by molar-refractivity contribution is 6.37. The van der Waals surface area contributed by atoms with E-state index in [1.54, 1.807) is 12.1 Å². The van der Waals surface area contributed by atoms with Crippen LogP contribution in [0.15, 0.2) is 36.4 Å².